The van der Waals surface area contributed by atoms with Gasteiger partial charge in [-0.25, -0.2) is 13.2 Å². The summed E-state index contributed by atoms with van der Waals surface area (Å²) in [6.45, 7) is 1.90. The normalized spacial score (nSPS) is 15.6. The minimum atomic E-state index is -3.57. The van der Waals surface area contributed by atoms with Crippen molar-refractivity contribution in [1.29, 1.82) is 5.26 Å². The zero-order valence-electron chi connectivity index (χ0n) is 15.1. The third kappa shape index (κ3) is 4.15. The van der Waals surface area contributed by atoms with Crippen molar-refractivity contribution in [1.82, 2.24) is 0 Å². The molecule has 28 heavy (non-hydrogen) atoms. The highest BCUT2D eigenvalue weighted by molar-refractivity contribution is 7.92. The predicted octanol–water partition coefficient (Wildman–Crippen LogP) is 3.70. The quantitative estimate of drug-likeness (QED) is 0.712. The maximum Gasteiger partial charge on any atom is 0.355 e. The molecule has 2 heterocycles. The summed E-state index contributed by atoms with van der Waals surface area (Å²) in [5.74, 6) is -0.261. The number of nitrogens with zero attached hydrogens (tertiary/aromatic N) is 1. The highest BCUT2D eigenvalue weighted by atomic mass is 32.2. The van der Waals surface area contributed by atoms with Crippen molar-refractivity contribution in [3.8, 4) is 6.07 Å². The van der Waals surface area contributed by atoms with Gasteiger partial charge >= 0.3 is 5.97 Å². The minimum absolute atomic E-state index is 0.0213. The van der Waals surface area contributed by atoms with Gasteiger partial charge in [-0.15, -0.1) is 0 Å². The molecule has 0 spiro atoms. The number of carbonyl (C=O) groups excluding carboxylic acids is 1. The largest absolute Gasteiger partial charge is 0.465 e. The van der Waals surface area contributed by atoms with Crippen LogP contribution < -0.4 is 4.72 Å². The number of furan rings is 1. The number of rotatable bonds is 7. The second kappa shape index (κ2) is 8.15. The average molecular weight is 398 g/mol. The highest BCUT2D eigenvalue weighted by Gasteiger charge is 2.33. The molecule has 1 aliphatic heterocycles. The first-order valence-electron chi connectivity index (χ1n) is 8.67. The molecule has 8 heteroatoms. The van der Waals surface area contributed by atoms with E-state index in [1.807, 2.05) is 13.0 Å². The number of nitrogens with one attached hydrogen (secondary N) is 1. The molecule has 0 saturated heterocycles. The van der Waals surface area contributed by atoms with Gasteiger partial charge in [0.15, 0.2) is 0 Å². The number of carbonyl (C=O) groups is 1. The maximum absolute atomic E-state index is 12.4. The number of benzene rings is 1. The van der Waals surface area contributed by atoms with Gasteiger partial charge in [0.1, 0.15) is 23.2 Å². The Morgan fingerprint density at radius 2 is 2.00 bits per heavy atom. The van der Waals surface area contributed by atoms with Gasteiger partial charge in [0.2, 0.25) is 10.0 Å². The second-order valence-electron chi connectivity index (χ2n) is 6.10. The van der Waals surface area contributed by atoms with Crippen LogP contribution in [0.5, 0.6) is 0 Å². The molecule has 0 bridgehead atoms. The van der Waals surface area contributed by atoms with Gasteiger partial charge in [0, 0.05) is 11.6 Å². The molecule has 1 aromatic carbocycles. The van der Waals surface area contributed by atoms with Crippen LogP contribution in [0.25, 0.3) is 11.6 Å². The van der Waals surface area contributed by atoms with E-state index >= 15 is 0 Å². The SMILES string of the molecule is CCCCS(=O)(=O)Nc1ccccc1C1=C(C#N)C(=O)OC1=Cc1ccco1. The number of allylic oxidation sites excluding steroid dienone is 1. The number of hydrogen-bond acceptors (Lipinski definition) is 6. The molecular formula is C20H18N2O5S. The molecule has 1 aliphatic rings. The summed E-state index contributed by atoms with van der Waals surface area (Å²) in [6, 6.07) is 11.8. The molecule has 0 aliphatic carbocycles. The molecule has 0 amide bonds. The van der Waals surface area contributed by atoms with E-state index in [9.17, 15) is 18.5 Å². The summed E-state index contributed by atoms with van der Waals surface area (Å²) in [5.41, 5.74) is 0.670. The lowest BCUT2D eigenvalue weighted by Crippen LogP contribution is -2.17. The van der Waals surface area contributed by atoms with Gasteiger partial charge in [0.25, 0.3) is 0 Å². The predicted molar refractivity (Wildman–Crippen MR) is 104 cm³/mol. The van der Waals surface area contributed by atoms with Gasteiger partial charge in [-0.05, 0) is 24.6 Å². The Balaban J connectivity index is 2.09. The molecule has 0 radical (unpaired) electrons. The van der Waals surface area contributed by atoms with Gasteiger partial charge < -0.3 is 9.15 Å². The smallest absolute Gasteiger partial charge is 0.355 e. The summed E-state index contributed by atoms with van der Waals surface area (Å²) in [5, 5.41) is 9.45. The fraction of sp³-hybridized carbons (Fsp3) is 0.200. The number of ether oxygens (including phenoxy) is 1. The average Bonchev–Trinajstić information content (AvgIpc) is 3.28. The maximum atomic E-state index is 12.4. The first-order valence-corrected chi connectivity index (χ1v) is 10.3. The van der Waals surface area contributed by atoms with Gasteiger partial charge in [-0.3, -0.25) is 4.72 Å². The molecule has 3 rings (SSSR count). The van der Waals surface area contributed by atoms with Crippen molar-refractivity contribution in [2.24, 2.45) is 0 Å². The number of anilines is 1. The van der Waals surface area contributed by atoms with Crippen molar-refractivity contribution < 1.29 is 22.4 Å². The van der Waals surface area contributed by atoms with Crippen LogP contribution in [0.1, 0.15) is 31.1 Å². The van der Waals surface area contributed by atoms with Crippen molar-refractivity contribution in [2.75, 3.05) is 10.5 Å². The monoisotopic (exact) mass is 398 g/mol. The lowest BCUT2D eigenvalue weighted by Gasteiger charge is -2.13. The van der Waals surface area contributed by atoms with Crippen molar-refractivity contribution in [2.45, 2.75) is 19.8 Å². The van der Waals surface area contributed by atoms with E-state index in [4.69, 9.17) is 9.15 Å². The van der Waals surface area contributed by atoms with E-state index in [0.29, 0.717) is 17.7 Å². The number of sulfonamides is 1. The molecule has 1 aromatic heterocycles. The van der Waals surface area contributed by atoms with Crippen LogP contribution in [0.4, 0.5) is 5.69 Å². The van der Waals surface area contributed by atoms with Crippen LogP contribution in [0.3, 0.4) is 0 Å². The topological polar surface area (TPSA) is 109 Å². The van der Waals surface area contributed by atoms with E-state index in [1.54, 1.807) is 36.4 Å². The van der Waals surface area contributed by atoms with E-state index in [-0.39, 0.29) is 28.3 Å². The first kappa shape index (κ1) is 19.5. The molecule has 144 valence electrons. The standard InChI is InChI=1S/C20H18N2O5S/c1-2-3-11-28(24,25)22-17-9-5-4-8-15(17)19-16(13-21)20(23)27-18(19)12-14-7-6-10-26-14/h4-10,12,22H,2-3,11H2,1H3. The molecule has 0 saturated carbocycles. The molecule has 0 unspecified atom stereocenters. The lowest BCUT2D eigenvalue weighted by atomic mass is 9.98. The third-order valence-electron chi connectivity index (χ3n) is 4.06. The summed E-state index contributed by atoms with van der Waals surface area (Å²) in [6.07, 6.45) is 4.22. The fourth-order valence-electron chi connectivity index (χ4n) is 2.74. The van der Waals surface area contributed by atoms with Crippen LogP contribution in [-0.4, -0.2) is 20.1 Å². The Morgan fingerprint density at radius 1 is 1.21 bits per heavy atom. The molecule has 0 atom stereocenters. The van der Waals surface area contributed by atoms with Gasteiger partial charge in [-0.2, -0.15) is 5.26 Å². The summed E-state index contributed by atoms with van der Waals surface area (Å²) >= 11 is 0. The number of hydrogen-bond donors (Lipinski definition) is 1. The molecular weight excluding hydrogens is 380 g/mol. The van der Waals surface area contributed by atoms with Crippen LogP contribution in [0.2, 0.25) is 0 Å². The number of cyclic esters (lactones) is 1. The molecule has 2 aromatic rings. The van der Waals surface area contributed by atoms with E-state index in [0.717, 1.165) is 6.42 Å². The van der Waals surface area contributed by atoms with E-state index < -0.39 is 16.0 Å². The van der Waals surface area contributed by atoms with Gasteiger partial charge in [0.05, 0.1) is 23.3 Å². The zero-order chi connectivity index (χ0) is 20.1. The molecule has 7 nitrogen and oxygen atoms in total. The lowest BCUT2D eigenvalue weighted by molar-refractivity contribution is -0.132. The van der Waals surface area contributed by atoms with Crippen LogP contribution in [0.15, 0.2) is 58.4 Å². The Labute approximate surface area is 163 Å². The Kier molecular flexibility index (Phi) is 5.66. The van der Waals surface area contributed by atoms with Crippen molar-refractivity contribution in [3.63, 3.8) is 0 Å². The highest BCUT2D eigenvalue weighted by Crippen LogP contribution is 2.39. The van der Waals surface area contributed by atoms with E-state index in [1.165, 1.54) is 12.3 Å². The van der Waals surface area contributed by atoms with Crippen molar-refractivity contribution >= 4 is 33.3 Å². The molecule has 0 fully saturated rings. The second-order valence-corrected chi connectivity index (χ2v) is 7.94. The summed E-state index contributed by atoms with van der Waals surface area (Å²) in [7, 11) is -3.57. The van der Waals surface area contributed by atoms with E-state index in [2.05, 4.69) is 4.72 Å². The van der Waals surface area contributed by atoms with Crippen LogP contribution in [-0.2, 0) is 19.6 Å². The summed E-state index contributed by atoms with van der Waals surface area (Å²) < 4.78 is 37.8. The third-order valence-corrected chi connectivity index (χ3v) is 5.42. The Morgan fingerprint density at radius 3 is 2.68 bits per heavy atom. The van der Waals surface area contributed by atoms with Crippen LogP contribution >= 0.6 is 0 Å². The zero-order valence-corrected chi connectivity index (χ0v) is 16.0. The van der Waals surface area contributed by atoms with Crippen molar-refractivity contribution in [3.05, 3.63) is 65.3 Å². The Hall–Kier alpha value is -3.31. The van der Waals surface area contributed by atoms with Gasteiger partial charge in [-0.1, -0.05) is 31.5 Å². The summed E-state index contributed by atoms with van der Waals surface area (Å²) in [4.78, 5) is 12.2. The minimum Gasteiger partial charge on any atom is -0.465 e. The number of nitriles is 1. The number of para-hydroxylation sites is 1. The first-order chi connectivity index (χ1) is 13.4. The molecule has 1 N–H and O–H groups in total. The number of esters is 1. The Bertz CT molecular complexity index is 1090. The fourth-order valence-corrected chi connectivity index (χ4v) is 4.03. The van der Waals surface area contributed by atoms with Crippen LogP contribution in [0, 0.1) is 11.3 Å². The number of unbranched alkanes of at least 4 members (excludes halogenated alkanes) is 1.